The first-order valence-electron chi connectivity index (χ1n) is 17.1. The first kappa shape index (κ1) is 31.8. The zero-order chi connectivity index (χ0) is 34.1. The molecule has 0 aliphatic heterocycles. The van der Waals surface area contributed by atoms with Crippen LogP contribution in [0.2, 0.25) is 0 Å². The van der Waals surface area contributed by atoms with Gasteiger partial charge >= 0.3 is 0 Å². The van der Waals surface area contributed by atoms with Gasteiger partial charge in [0.05, 0.1) is 6.54 Å². The van der Waals surface area contributed by atoms with Crippen LogP contribution in [-0.2, 0) is 12.0 Å². The monoisotopic (exact) mass is 639 g/mol. The summed E-state index contributed by atoms with van der Waals surface area (Å²) < 4.78 is 6.20. The summed E-state index contributed by atoms with van der Waals surface area (Å²) in [7, 11) is 0. The lowest BCUT2D eigenvalue weighted by molar-refractivity contribution is 0.660. The molecule has 0 bridgehead atoms. The third-order valence-electron chi connectivity index (χ3n) is 9.44. The van der Waals surface area contributed by atoms with Crippen molar-refractivity contribution in [3.8, 4) is 22.3 Å². The van der Waals surface area contributed by atoms with Crippen molar-refractivity contribution in [2.45, 2.75) is 46.6 Å². The highest BCUT2D eigenvalue weighted by Crippen LogP contribution is 2.48. The average molecular weight is 640 g/mol. The Morgan fingerprint density at radius 2 is 1.37 bits per heavy atom. The fourth-order valence-corrected chi connectivity index (χ4v) is 7.02. The van der Waals surface area contributed by atoms with Crippen LogP contribution < -0.4 is 5.73 Å². The third-order valence-corrected chi connectivity index (χ3v) is 9.44. The first-order chi connectivity index (χ1) is 23.9. The molecule has 1 heterocycles. The molecule has 0 saturated heterocycles. The lowest BCUT2D eigenvalue weighted by Crippen LogP contribution is -2.16. The Morgan fingerprint density at radius 3 is 2.20 bits per heavy atom. The third kappa shape index (κ3) is 5.84. The summed E-state index contributed by atoms with van der Waals surface area (Å²) in [5, 5.41) is 2.21. The Balaban J connectivity index is 0.00000186. The van der Waals surface area contributed by atoms with Crippen molar-refractivity contribution in [2.75, 3.05) is 0 Å². The van der Waals surface area contributed by atoms with Gasteiger partial charge in [-0.25, -0.2) is 4.99 Å². The second-order valence-corrected chi connectivity index (χ2v) is 12.9. The van der Waals surface area contributed by atoms with Crippen LogP contribution in [0.3, 0.4) is 0 Å². The number of nitrogens with zero attached hydrogens (tertiary/aromatic N) is 2. The molecule has 1 aliphatic rings. The predicted octanol–water partition coefficient (Wildman–Crippen LogP) is 11.2. The van der Waals surface area contributed by atoms with Crippen molar-refractivity contribution in [2.24, 2.45) is 15.7 Å². The van der Waals surface area contributed by atoms with Crippen molar-refractivity contribution in [1.82, 2.24) is 0 Å². The van der Waals surface area contributed by atoms with Gasteiger partial charge in [-0.2, -0.15) is 0 Å². The molecule has 0 radical (unpaired) electrons. The minimum atomic E-state index is -0.0224. The Morgan fingerprint density at radius 1 is 0.653 bits per heavy atom. The Kier molecular flexibility index (Phi) is 8.48. The van der Waals surface area contributed by atoms with E-state index >= 15 is 0 Å². The van der Waals surface area contributed by atoms with E-state index in [1.165, 1.54) is 27.8 Å². The van der Waals surface area contributed by atoms with E-state index in [1.54, 1.807) is 0 Å². The van der Waals surface area contributed by atoms with Crippen molar-refractivity contribution in [1.29, 1.82) is 0 Å². The van der Waals surface area contributed by atoms with Crippen LogP contribution in [0.5, 0.6) is 0 Å². The van der Waals surface area contributed by atoms with E-state index in [-0.39, 0.29) is 5.41 Å². The predicted molar refractivity (Wildman–Crippen MR) is 207 cm³/mol. The molecular weight excluding hydrogens is 599 g/mol. The summed E-state index contributed by atoms with van der Waals surface area (Å²) in [5.74, 6) is 1.02. The maximum Gasteiger partial charge on any atom is 0.157 e. The number of amidine groups is 2. The summed E-state index contributed by atoms with van der Waals surface area (Å²) in [6, 6.07) is 46.3. The normalized spacial score (nSPS) is 13.6. The van der Waals surface area contributed by atoms with Gasteiger partial charge in [0.15, 0.2) is 5.84 Å². The first-order valence-corrected chi connectivity index (χ1v) is 17.1. The average Bonchev–Trinajstić information content (AvgIpc) is 3.62. The van der Waals surface area contributed by atoms with Crippen molar-refractivity contribution < 1.29 is 4.42 Å². The van der Waals surface area contributed by atoms with E-state index in [0.717, 1.165) is 49.8 Å². The van der Waals surface area contributed by atoms with Crippen molar-refractivity contribution >= 4 is 33.6 Å². The molecule has 49 heavy (non-hydrogen) atoms. The Labute approximate surface area is 288 Å². The molecule has 1 aromatic heterocycles. The standard InChI is InChI=1S/C43H35N3O.C2H6/c1-27-19-22-38-35(23-27)40-32(16-10-18-39(40)47-38)30-13-9-14-31(25-30)41(44)46-42(29-11-5-4-6-12-29)45-26-28-20-21-37-34(24-28)33-15-7-8-17-36(33)43(37,2)3;1-2/h4-25H,26H2,1-3H3,(H2,44,45,46);1-2H3. The van der Waals surface area contributed by atoms with E-state index in [1.807, 2.05) is 74.5 Å². The van der Waals surface area contributed by atoms with Crippen LogP contribution in [0.4, 0.5) is 0 Å². The van der Waals surface area contributed by atoms with Crippen LogP contribution in [0, 0.1) is 6.92 Å². The lowest BCUT2D eigenvalue weighted by atomic mass is 9.82. The molecule has 6 aromatic carbocycles. The Hall–Kier alpha value is -5.74. The smallest absolute Gasteiger partial charge is 0.157 e. The second-order valence-electron chi connectivity index (χ2n) is 12.9. The van der Waals surface area contributed by atoms with Gasteiger partial charge < -0.3 is 10.2 Å². The number of aryl methyl sites for hydroxylation is 1. The van der Waals surface area contributed by atoms with Crippen LogP contribution in [0.1, 0.15) is 61.1 Å². The summed E-state index contributed by atoms with van der Waals surface area (Å²) in [6.45, 7) is 11.2. The lowest BCUT2D eigenvalue weighted by Gasteiger charge is -2.21. The van der Waals surface area contributed by atoms with Gasteiger partial charge in [-0.1, -0.05) is 136 Å². The maximum atomic E-state index is 6.76. The molecule has 1 aliphatic carbocycles. The fraction of sp³-hybridized carbons (Fsp3) is 0.156. The number of benzene rings is 6. The molecule has 2 N–H and O–H groups in total. The minimum Gasteiger partial charge on any atom is -0.456 e. The SMILES string of the molecule is CC.Cc1ccc2oc3cccc(-c4cccc(C(N)=NC(=NCc5ccc6c(c5)-c5ccccc5C6(C)C)c5ccccc5)c4)c3c2c1. The van der Waals surface area contributed by atoms with Crippen molar-refractivity contribution in [3.63, 3.8) is 0 Å². The number of rotatable bonds is 5. The van der Waals surface area contributed by atoms with Gasteiger partial charge in [-0.15, -0.1) is 0 Å². The van der Waals surface area contributed by atoms with Gasteiger partial charge in [0.1, 0.15) is 17.0 Å². The highest BCUT2D eigenvalue weighted by molar-refractivity contribution is 6.14. The van der Waals surface area contributed by atoms with Gasteiger partial charge in [0.2, 0.25) is 0 Å². The van der Waals surface area contributed by atoms with Crippen LogP contribution >= 0.6 is 0 Å². The molecule has 4 heteroatoms. The van der Waals surface area contributed by atoms with E-state index in [9.17, 15) is 0 Å². The molecule has 8 rings (SSSR count). The molecule has 4 nitrogen and oxygen atoms in total. The van der Waals surface area contributed by atoms with Crippen LogP contribution in [-0.4, -0.2) is 11.7 Å². The van der Waals surface area contributed by atoms with Gasteiger partial charge in [-0.05, 0) is 76.2 Å². The Bertz CT molecular complexity index is 2380. The molecule has 7 aromatic rings. The number of aliphatic imine (C=N–C) groups is 2. The second kappa shape index (κ2) is 13.0. The number of hydrogen-bond acceptors (Lipinski definition) is 2. The molecule has 0 unspecified atom stereocenters. The summed E-state index contributed by atoms with van der Waals surface area (Å²) in [4.78, 5) is 9.98. The van der Waals surface area contributed by atoms with E-state index < -0.39 is 0 Å². The zero-order valence-electron chi connectivity index (χ0n) is 28.8. The molecular formula is C45H41N3O. The molecule has 0 spiro atoms. The number of hydrogen-bond donors (Lipinski definition) is 1. The van der Waals surface area contributed by atoms with Gasteiger partial charge in [-0.3, -0.25) is 4.99 Å². The zero-order valence-corrected chi connectivity index (χ0v) is 28.8. The van der Waals surface area contributed by atoms with Gasteiger partial charge in [0, 0.05) is 27.3 Å². The number of furan rings is 1. The van der Waals surface area contributed by atoms with Crippen LogP contribution in [0.25, 0.3) is 44.2 Å². The molecule has 0 atom stereocenters. The topological polar surface area (TPSA) is 63.9 Å². The molecule has 0 saturated carbocycles. The highest BCUT2D eigenvalue weighted by atomic mass is 16.3. The fourth-order valence-electron chi connectivity index (χ4n) is 7.02. The molecule has 0 fully saturated rings. The van der Waals surface area contributed by atoms with Crippen molar-refractivity contribution in [3.05, 3.63) is 167 Å². The largest absolute Gasteiger partial charge is 0.456 e. The van der Waals surface area contributed by atoms with E-state index in [0.29, 0.717) is 18.2 Å². The van der Waals surface area contributed by atoms with E-state index in [2.05, 4.69) is 93.6 Å². The molecule has 242 valence electrons. The van der Waals surface area contributed by atoms with E-state index in [4.69, 9.17) is 20.1 Å². The summed E-state index contributed by atoms with van der Waals surface area (Å²) in [5.41, 5.74) is 20.0. The van der Waals surface area contributed by atoms with Crippen LogP contribution in [0.15, 0.2) is 148 Å². The van der Waals surface area contributed by atoms with Gasteiger partial charge in [0.25, 0.3) is 0 Å². The maximum absolute atomic E-state index is 6.76. The summed E-state index contributed by atoms with van der Waals surface area (Å²) >= 11 is 0. The quantitative estimate of drug-likeness (QED) is 0.150. The number of fused-ring (bicyclic) bond motifs is 6. The summed E-state index contributed by atoms with van der Waals surface area (Å²) in [6.07, 6.45) is 0. The minimum absolute atomic E-state index is 0.0224. The highest BCUT2D eigenvalue weighted by Gasteiger charge is 2.34. The number of nitrogens with two attached hydrogens (primary N) is 1. The molecule has 0 amide bonds.